The van der Waals surface area contributed by atoms with E-state index >= 15 is 0 Å². The van der Waals surface area contributed by atoms with Crippen molar-refractivity contribution < 1.29 is 0 Å². The zero-order valence-electron chi connectivity index (χ0n) is 8.70. The molecule has 72 valence electrons. The zero-order chi connectivity index (χ0) is 9.97. The van der Waals surface area contributed by atoms with Gasteiger partial charge in [0.15, 0.2) is 0 Å². The lowest BCUT2D eigenvalue weighted by Crippen LogP contribution is -2.08. The first-order chi connectivity index (χ1) is 6.75. The number of dihydropyridines is 1. The summed E-state index contributed by atoms with van der Waals surface area (Å²) in [7, 11) is 0. The topological polar surface area (TPSA) is 12.4 Å². The standard InChI is InChI=1S/C13H15N/c1-10-6-8-12(9-7-10)13-5-3-4-11(2)14-13/h3,5-9,11H,4H2,1-2H3. The van der Waals surface area contributed by atoms with E-state index in [1.54, 1.807) is 0 Å². The Morgan fingerprint density at radius 3 is 2.57 bits per heavy atom. The lowest BCUT2D eigenvalue weighted by Gasteiger charge is -2.11. The van der Waals surface area contributed by atoms with Gasteiger partial charge in [-0.05, 0) is 31.9 Å². The highest BCUT2D eigenvalue weighted by atomic mass is 14.8. The first kappa shape index (κ1) is 9.20. The fourth-order valence-electron chi connectivity index (χ4n) is 1.60. The van der Waals surface area contributed by atoms with Crippen LogP contribution in [-0.2, 0) is 0 Å². The smallest absolute Gasteiger partial charge is 0.0646 e. The molecular weight excluding hydrogens is 170 g/mol. The Kier molecular flexibility index (Phi) is 2.49. The summed E-state index contributed by atoms with van der Waals surface area (Å²) in [5, 5.41) is 0. The lowest BCUT2D eigenvalue weighted by molar-refractivity contribution is 0.753. The predicted octanol–water partition coefficient (Wildman–Crippen LogP) is 3.13. The summed E-state index contributed by atoms with van der Waals surface area (Å²) in [6, 6.07) is 8.96. The molecule has 1 aliphatic rings. The summed E-state index contributed by atoms with van der Waals surface area (Å²) in [4.78, 5) is 4.61. The summed E-state index contributed by atoms with van der Waals surface area (Å²) in [5.74, 6) is 0. The summed E-state index contributed by atoms with van der Waals surface area (Å²) in [5.41, 5.74) is 3.63. The van der Waals surface area contributed by atoms with Crippen LogP contribution in [0.4, 0.5) is 0 Å². The average Bonchev–Trinajstić information content (AvgIpc) is 2.19. The van der Waals surface area contributed by atoms with Crippen LogP contribution in [0.25, 0.3) is 0 Å². The van der Waals surface area contributed by atoms with Gasteiger partial charge in [0.2, 0.25) is 0 Å². The summed E-state index contributed by atoms with van der Waals surface area (Å²) in [6.45, 7) is 4.25. The van der Waals surface area contributed by atoms with Crippen molar-refractivity contribution in [3.05, 3.63) is 47.5 Å². The molecule has 0 aliphatic carbocycles. The maximum Gasteiger partial charge on any atom is 0.0646 e. The molecule has 0 amide bonds. The molecule has 0 N–H and O–H groups in total. The normalized spacial score (nSPS) is 20.7. The third-order valence-corrected chi connectivity index (χ3v) is 2.46. The van der Waals surface area contributed by atoms with Crippen LogP contribution in [0.5, 0.6) is 0 Å². The van der Waals surface area contributed by atoms with Gasteiger partial charge >= 0.3 is 0 Å². The quantitative estimate of drug-likeness (QED) is 0.637. The maximum absolute atomic E-state index is 4.61. The number of allylic oxidation sites excluding steroid dienone is 1. The zero-order valence-corrected chi connectivity index (χ0v) is 8.70. The Bertz CT molecular complexity index is 371. The predicted molar refractivity (Wildman–Crippen MR) is 60.9 cm³/mol. The number of hydrogen-bond acceptors (Lipinski definition) is 1. The number of aryl methyl sites for hydroxylation is 1. The number of rotatable bonds is 1. The molecule has 1 aromatic carbocycles. The highest BCUT2D eigenvalue weighted by Gasteiger charge is 2.06. The van der Waals surface area contributed by atoms with Gasteiger partial charge in [-0.15, -0.1) is 0 Å². The van der Waals surface area contributed by atoms with Crippen molar-refractivity contribution in [2.24, 2.45) is 4.99 Å². The number of nitrogens with zero attached hydrogens (tertiary/aromatic N) is 1. The van der Waals surface area contributed by atoms with E-state index in [2.05, 4.69) is 55.3 Å². The molecule has 0 fully saturated rings. The molecular formula is C13H15N. The average molecular weight is 185 g/mol. The fourth-order valence-corrected chi connectivity index (χ4v) is 1.60. The van der Waals surface area contributed by atoms with Crippen molar-refractivity contribution in [1.29, 1.82) is 0 Å². The highest BCUT2D eigenvalue weighted by Crippen LogP contribution is 2.12. The molecule has 1 heterocycles. The minimum atomic E-state index is 0.427. The summed E-state index contributed by atoms with van der Waals surface area (Å²) >= 11 is 0. The Hall–Kier alpha value is -1.37. The van der Waals surface area contributed by atoms with Gasteiger partial charge in [0, 0.05) is 0 Å². The van der Waals surface area contributed by atoms with Crippen molar-refractivity contribution in [3.63, 3.8) is 0 Å². The molecule has 0 saturated heterocycles. The second kappa shape index (κ2) is 3.79. The van der Waals surface area contributed by atoms with Gasteiger partial charge in [-0.1, -0.05) is 35.9 Å². The molecule has 1 aliphatic heterocycles. The number of hydrogen-bond donors (Lipinski definition) is 0. The van der Waals surface area contributed by atoms with Gasteiger partial charge in [0.05, 0.1) is 11.8 Å². The Morgan fingerprint density at radius 1 is 1.21 bits per heavy atom. The minimum absolute atomic E-state index is 0.427. The summed E-state index contributed by atoms with van der Waals surface area (Å²) in [6.07, 6.45) is 5.38. The Morgan fingerprint density at radius 2 is 1.93 bits per heavy atom. The molecule has 1 unspecified atom stereocenters. The second-order valence-corrected chi connectivity index (χ2v) is 3.87. The molecule has 1 atom stereocenters. The van der Waals surface area contributed by atoms with Gasteiger partial charge < -0.3 is 0 Å². The van der Waals surface area contributed by atoms with Crippen molar-refractivity contribution >= 4 is 5.71 Å². The molecule has 1 aromatic rings. The SMILES string of the molecule is Cc1ccc(C2=NC(C)CC=C2)cc1. The molecule has 2 rings (SSSR count). The molecule has 1 nitrogen and oxygen atoms in total. The van der Waals surface area contributed by atoms with Crippen LogP contribution >= 0.6 is 0 Å². The van der Waals surface area contributed by atoms with Crippen molar-refractivity contribution in [2.75, 3.05) is 0 Å². The fraction of sp³-hybridized carbons (Fsp3) is 0.308. The molecule has 0 aromatic heterocycles. The van der Waals surface area contributed by atoms with Crippen LogP contribution in [0.2, 0.25) is 0 Å². The van der Waals surface area contributed by atoms with E-state index in [9.17, 15) is 0 Å². The second-order valence-electron chi connectivity index (χ2n) is 3.87. The lowest BCUT2D eigenvalue weighted by atomic mass is 10.0. The van der Waals surface area contributed by atoms with Crippen LogP contribution in [0.1, 0.15) is 24.5 Å². The van der Waals surface area contributed by atoms with Crippen LogP contribution < -0.4 is 0 Å². The van der Waals surface area contributed by atoms with E-state index in [1.807, 2.05) is 0 Å². The van der Waals surface area contributed by atoms with Crippen LogP contribution in [0.15, 0.2) is 41.4 Å². The highest BCUT2D eigenvalue weighted by molar-refractivity contribution is 6.09. The molecule has 14 heavy (non-hydrogen) atoms. The summed E-state index contributed by atoms with van der Waals surface area (Å²) < 4.78 is 0. The van der Waals surface area contributed by atoms with Crippen LogP contribution in [-0.4, -0.2) is 11.8 Å². The van der Waals surface area contributed by atoms with Crippen LogP contribution in [0.3, 0.4) is 0 Å². The van der Waals surface area contributed by atoms with Gasteiger partial charge in [-0.2, -0.15) is 0 Å². The van der Waals surface area contributed by atoms with Gasteiger partial charge in [-0.25, -0.2) is 0 Å². The van der Waals surface area contributed by atoms with Crippen molar-refractivity contribution in [3.8, 4) is 0 Å². The van der Waals surface area contributed by atoms with Crippen molar-refractivity contribution in [2.45, 2.75) is 26.3 Å². The molecule has 0 bridgehead atoms. The van der Waals surface area contributed by atoms with E-state index in [1.165, 1.54) is 11.1 Å². The number of benzene rings is 1. The van der Waals surface area contributed by atoms with Crippen LogP contribution in [0, 0.1) is 6.92 Å². The third kappa shape index (κ3) is 1.92. The maximum atomic E-state index is 4.61. The first-order valence-electron chi connectivity index (χ1n) is 5.07. The third-order valence-electron chi connectivity index (χ3n) is 2.46. The first-order valence-corrected chi connectivity index (χ1v) is 5.07. The van der Waals surface area contributed by atoms with E-state index in [0.29, 0.717) is 6.04 Å². The molecule has 0 spiro atoms. The van der Waals surface area contributed by atoms with E-state index in [0.717, 1.165) is 12.1 Å². The molecule has 0 saturated carbocycles. The van der Waals surface area contributed by atoms with E-state index in [-0.39, 0.29) is 0 Å². The molecule has 0 radical (unpaired) electrons. The van der Waals surface area contributed by atoms with Gasteiger partial charge in [-0.3, -0.25) is 4.99 Å². The van der Waals surface area contributed by atoms with Crippen molar-refractivity contribution in [1.82, 2.24) is 0 Å². The monoisotopic (exact) mass is 185 g/mol. The van der Waals surface area contributed by atoms with E-state index < -0.39 is 0 Å². The minimum Gasteiger partial charge on any atom is -0.281 e. The van der Waals surface area contributed by atoms with Gasteiger partial charge in [0.25, 0.3) is 0 Å². The Balaban J connectivity index is 2.31. The van der Waals surface area contributed by atoms with Gasteiger partial charge in [0.1, 0.15) is 0 Å². The van der Waals surface area contributed by atoms with E-state index in [4.69, 9.17) is 0 Å². The Labute approximate surface area is 85.2 Å². The molecule has 1 heteroatoms. The number of aliphatic imine (C=N–C) groups is 1. The largest absolute Gasteiger partial charge is 0.281 e.